The van der Waals surface area contributed by atoms with Crippen LogP contribution in [-0.2, 0) is 15.9 Å². The lowest BCUT2D eigenvalue weighted by Gasteiger charge is -2.49. The summed E-state index contributed by atoms with van der Waals surface area (Å²) in [4.78, 5) is 13.1. The number of fused-ring (bicyclic) bond motifs is 4. The molecule has 2 aliphatic carbocycles. The van der Waals surface area contributed by atoms with Crippen molar-refractivity contribution in [1.82, 2.24) is 23.9 Å². The smallest absolute Gasteiger partial charge is 0.163 e. The molecule has 1 spiro atoms. The molecule has 0 unspecified atom stereocenters. The summed E-state index contributed by atoms with van der Waals surface area (Å²) in [6.07, 6.45) is 16.8. The van der Waals surface area contributed by atoms with Crippen LogP contribution in [0.3, 0.4) is 0 Å². The molecule has 0 bridgehead atoms. The van der Waals surface area contributed by atoms with Gasteiger partial charge in [-0.25, -0.2) is 15.0 Å². The minimum atomic E-state index is -0.561. The second-order valence-electron chi connectivity index (χ2n) is 11.3. The molecule has 182 valence electrons. The average molecular weight is 473 g/mol. The third-order valence-corrected chi connectivity index (χ3v) is 8.56. The van der Waals surface area contributed by atoms with Gasteiger partial charge in [-0.05, 0) is 75.6 Å². The van der Waals surface area contributed by atoms with Gasteiger partial charge in [0.15, 0.2) is 5.79 Å². The molecule has 0 aromatic carbocycles. The molecule has 3 atom stereocenters. The fourth-order valence-corrected chi connectivity index (χ4v) is 7.10. The molecular formula is C27H32N6O2. The van der Waals surface area contributed by atoms with E-state index in [2.05, 4.69) is 48.4 Å². The summed E-state index contributed by atoms with van der Waals surface area (Å²) in [7, 11) is 0. The van der Waals surface area contributed by atoms with E-state index in [-0.39, 0.29) is 23.7 Å². The van der Waals surface area contributed by atoms with E-state index in [9.17, 15) is 0 Å². The lowest BCUT2D eigenvalue weighted by molar-refractivity contribution is -0.182. The first kappa shape index (κ1) is 21.3. The third-order valence-electron chi connectivity index (χ3n) is 8.56. The van der Waals surface area contributed by atoms with Gasteiger partial charge in [0.25, 0.3) is 0 Å². The van der Waals surface area contributed by atoms with Gasteiger partial charge in [-0.2, -0.15) is 0 Å². The molecule has 3 fully saturated rings. The number of aromatic nitrogens is 5. The first-order chi connectivity index (χ1) is 16.9. The number of imidazole rings is 1. The maximum absolute atomic E-state index is 6.55. The number of pyridine rings is 1. The van der Waals surface area contributed by atoms with Crippen molar-refractivity contribution in [2.24, 2.45) is 11.3 Å². The van der Waals surface area contributed by atoms with Crippen LogP contribution in [0.15, 0.2) is 49.3 Å². The van der Waals surface area contributed by atoms with Crippen molar-refractivity contribution >= 4 is 22.5 Å². The Hall–Kier alpha value is -2.97. The second kappa shape index (κ2) is 7.51. The third kappa shape index (κ3) is 3.37. The first-order valence-corrected chi connectivity index (χ1v) is 12.8. The molecule has 5 heterocycles. The van der Waals surface area contributed by atoms with E-state index in [0.29, 0.717) is 5.82 Å². The molecule has 35 heavy (non-hydrogen) atoms. The molecule has 8 nitrogen and oxygen atoms in total. The first-order valence-electron chi connectivity index (χ1n) is 12.8. The van der Waals surface area contributed by atoms with Crippen molar-refractivity contribution in [3.8, 4) is 0 Å². The topological polar surface area (TPSA) is 92.5 Å². The van der Waals surface area contributed by atoms with Crippen LogP contribution >= 0.6 is 0 Å². The van der Waals surface area contributed by atoms with E-state index in [1.165, 1.54) is 31.2 Å². The van der Waals surface area contributed by atoms with Gasteiger partial charge >= 0.3 is 0 Å². The Morgan fingerprint density at radius 2 is 1.94 bits per heavy atom. The van der Waals surface area contributed by atoms with Crippen molar-refractivity contribution < 1.29 is 9.47 Å². The van der Waals surface area contributed by atoms with Crippen LogP contribution in [-0.4, -0.2) is 41.9 Å². The van der Waals surface area contributed by atoms with E-state index in [1.807, 2.05) is 32.3 Å². The average Bonchev–Trinajstić information content (AvgIpc) is 3.55. The van der Waals surface area contributed by atoms with Gasteiger partial charge in [-0.15, -0.1) is 0 Å². The maximum atomic E-state index is 6.55. The molecule has 1 saturated heterocycles. The van der Waals surface area contributed by atoms with Gasteiger partial charge in [0, 0.05) is 30.2 Å². The van der Waals surface area contributed by atoms with E-state index < -0.39 is 5.79 Å². The number of hydrogen-bond acceptors (Lipinski definition) is 6. The van der Waals surface area contributed by atoms with Gasteiger partial charge in [0.2, 0.25) is 0 Å². The number of hydrogen-bond donors (Lipinski definition) is 1. The zero-order valence-corrected chi connectivity index (χ0v) is 20.3. The lowest BCUT2D eigenvalue weighted by Crippen LogP contribution is -2.46. The maximum Gasteiger partial charge on any atom is 0.163 e. The van der Waals surface area contributed by atoms with E-state index in [0.717, 1.165) is 35.4 Å². The van der Waals surface area contributed by atoms with Crippen LogP contribution in [0, 0.1) is 11.3 Å². The summed E-state index contributed by atoms with van der Waals surface area (Å²) in [5.74, 6) is 0.711. The number of nitrogens with two attached hydrogens (primary N) is 1. The van der Waals surface area contributed by atoms with Gasteiger partial charge < -0.3 is 24.2 Å². The number of ether oxygens (including phenoxy) is 2. The highest BCUT2D eigenvalue weighted by molar-refractivity contribution is 5.86. The molecular weight excluding hydrogens is 440 g/mol. The van der Waals surface area contributed by atoms with E-state index in [1.54, 1.807) is 6.33 Å². The summed E-state index contributed by atoms with van der Waals surface area (Å²) in [6, 6.07) is 6.64. The number of aryl methyl sites for hydroxylation is 1. The highest BCUT2D eigenvalue weighted by atomic mass is 16.8. The standard InChI is InChI=1S/C27H32N6O2/c1-26(2)34-22-20(33-10-7-19-24(28)30-16-31-25(19)33)15-27(23(22)35-26)13-18(14-27)5-3-4-17-6-9-32-11-8-29-21(32)12-17/h6-12,16,18,20,22-23H,3-5,13-15H2,1-2H3,(H2,28,30,31)/t18?,20-,22+,23+,27?/m1/s1. The quantitative estimate of drug-likeness (QED) is 0.458. The van der Waals surface area contributed by atoms with Crippen molar-refractivity contribution in [2.75, 3.05) is 5.73 Å². The monoisotopic (exact) mass is 472 g/mol. The minimum Gasteiger partial charge on any atom is -0.383 e. The largest absolute Gasteiger partial charge is 0.383 e. The molecule has 8 heteroatoms. The Bertz CT molecular complexity index is 1400. The molecule has 7 rings (SSSR count). The van der Waals surface area contributed by atoms with Crippen LogP contribution in [0.4, 0.5) is 5.82 Å². The molecule has 2 saturated carbocycles. The minimum absolute atomic E-state index is 0.0269. The summed E-state index contributed by atoms with van der Waals surface area (Å²) < 4.78 is 17.4. The number of rotatable bonds is 5. The van der Waals surface area contributed by atoms with Gasteiger partial charge in [-0.1, -0.05) is 6.42 Å². The Kier molecular flexibility index (Phi) is 4.58. The predicted molar refractivity (Wildman–Crippen MR) is 133 cm³/mol. The summed E-state index contributed by atoms with van der Waals surface area (Å²) in [5, 5.41) is 0.906. The summed E-state index contributed by atoms with van der Waals surface area (Å²) in [5.41, 5.74) is 9.57. The summed E-state index contributed by atoms with van der Waals surface area (Å²) >= 11 is 0. The van der Waals surface area contributed by atoms with Crippen LogP contribution in [0.2, 0.25) is 0 Å². The molecule has 3 aliphatic rings. The molecule has 0 radical (unpaired) electrons. The van der Waals surface area contributed by atoms with Crippen molar-refractivity contribution in [3.05, 3.63) is 54.9 Å². The Balaban J connectivity index is 1.06. The van der Waals surface area contributed by atoms with Crippen molar-refractivity contribution in [1.29, 1.82) is 0 Å². The second-order valence-corrected chi connectivity index (χ2v) is 11.3. The van der Waals surface area contributed by atoms with E-state index >= 15 is 0 Å². The Morgan fingerprint density at radius 1 is 1.06 bits per heavy atom. The fraction of sp³-hybridized carbons (Fsp3) is 0.519. The Labute approximate surface area is 204 Å². The summed E-state index contributed by atoms with van der Waals surface area (Å²) in [6.45, 7) is 4.08. The molecule has 4 aromatic rings. The van der Waals surface area contributed by atoms with Crippen LogP contribution in [0.5, 0.6) is 0 Å². The van der Waals surface area contributed by atoms with Crippen LogP contribution in [0.25, 0.3) is 16.7 Å². The number of nitrogen functional groups attached to an aromatic ring is 1. The Morgan fingerprint density at radius 3 is 2.83 bits per heavy atom. The van der Waals surface area contributed by atoms with Gasteiger partial charge in [0.05, 0.1) is 17.5 Å². The number of nitrogens with zero attached hydrogens (tertiary/aromatic N) is 5. The fourth-order valence-electron chi connectivity index (χ4n) is 7.10. The highest BCUT2D eigenvalue weighted by Crippen LogP contribution is 2.64. The number of anilines is 1. The van der Waals surface area contributed by atoms with Gasteiger partial charge in [0.1, 0.15) is 29.5 Å². The zero-order chi connectivity index (χ0) is 23.8. The molecule has 1 aliphatic heterocycles. The van der Waals surface area contributed by atoms with Gasteiger partial charge in [-0.3, -0.25) is 0 Å². The van der Waals surface area contributed by atoms with Crippen LogP contribution < -0.4 is 5.73 Å². The highest BCUT2D eigenvalue weighted by Gasteiger charge is 2.65. The van der Waals surface area contributed by atoms with Crippen molar-refractivity contribution in [2.45, 2.75) is 76.4 Å². The lowest BCUT2D eigenvalue weighted by atomic mass is 9.58. The molecule has 2 N–H and O–H groups in total. The van der Waals surface area contributed by atoms with Crippen molar-refractivity contribution in [3.63, 3.8) is 0 Å². The zero-order valence-electron chi connectivity index (χ0n) is 20.3. The van der Waals surface area contributed by atoms with E-state index in [4.69, 9.17) is 15.2 Å². The molecule has 0 amide bonds. The normalized spacial score (nSPS) is 31.4. The SMILES string of the molecule is CC1(C)O[C@H]2[C@H](n3ccc4c(N)ncnc43)CC3(CC(CCCc4ccn5ccnc5c4)C3)[C@H]2O1. The predicted octanol–water partition coefficient (Wildman–Crippen LogP) is 4.55. The molecule has 4 aromatic heterocycles. The van der Waals surface area contributed by atoms with Crippen LogP contribution in [0.1, 0.15) is 57.6 Å².